The number of amides is 1. The first-order chi connectivity index (χ1) is 14.0. The van der Waals surface area contributed by atoms with E-state index in [4.69, 9.17) is 4.42 Å². The molecular formula is C19H17N5O4S. The summed E-state index contributed by atoms with van der Waals surface area (Å²) in [5, 5.41) is 14.0. The Kier molecular flexibility index (Phi) is 5.09. The van der Waals surface area contributed by atoms with E-state index in [1.54, 1.807) is 37.4 Å². The molecule has 0 aliphatic carbocycles. The van der Waals surface area contributed by atoms with Gasteiger partial charge in [0.15, 0.2) is 0 Å². The fraction of sp³-hybridized carbons (Fsp3) is 0.211. The molecule has 0 bridgehead atoms. The maximum atomic E-state index is 12.6. The first-order valence-corrected chi connectivity index (χ1v) is 9.78. The number of carbonyl (C=O) groups is 1. The van der Waals surface area contributed by atoms with E-state index in [9.17, 15) is 14.4 Å². The average Bonchev–Trinajstić information content (AvgIpc) is 3.38. The Morgan fingerprint density at radius 3 is 2.86 bits per heavy atom. The van der Waals surface area contributed by atoms with Gasteiger partial charge in [0.1, 0.15) is 6.04 Å². The van der Waals surface area contributed by atoms with Crippen molar-refractivity contribution in [1.29, 1.82) is 0 Å². The van der Waals surface area contributed by atoms with E-state index in [0.717, 1.165) is 14.2 Å². The summed E-state index contributed by atoms with van der Waals surface area (Å²) in [7, 11) is 0. The van der Waals surface area contributed by atoms with E-state index >= 15 is 0 Å². The highest BCUT2D eigenvalue weighted by Crippen LogP contribution is 2.20. The van der Waals surface area contributed by atoms with Crippen LogP contribution in [0.4, 0.5) is 0 Å². The van der Waals surface area contributed by atoms with Crippen LogP contribution >= 0.6 is 11.3 Å². The highest BCUT2D eigenvalue weighted by Gasteiger charge is 2.18. The van der Waals surface area contributed by atoms with Crippen molar-refractivity contribution in [2.24, 2.45) is 0 Å². The highest BCUT2D eigenvalue weighted by atomic mass is 32.1. The van der Waals surface area contributed by atoms with Crippen LogP contribution in [-0.2, 0) is 11.3 Å². The molecule has 29 heavy (non-hydrogen) atoms. The molecule has 1 N–H and O–H groups in total. The molecule has 0 aliphatic heterocycles. The Labute approximate surface area is 168 Å². The van der Waals surface area contributed by atoms with Gasteiger partial charge in [-0.1, -0.05) is 24.3 Å². The average molecular weight is 411 g/mol. The summed E-state index contributed by atoms with van der Waals surface area (Å²) in [6.45, 7) is 1.89. The maximum absolute atomic E-state index is 12.6. The molecule has 0 aliphatic rings. The SMILES string of the molecule is C[C@@H](C(=O)NCCn1nc(-c2cccs2)oc1=O)n1ncc2ccccc2c1=O. The molecule has 10 heteroatoms. The van der Waals surface area contributed by atoms with Crippen LogP contribution in [0.3, 0.4) is 0 Å². The Morgan fingerprint density at radius 2 is 2.07 bits per heavy atom. The number of aromatic nitrogens is 4. The summed E-state index contributed by atoms with van der Waals surface area (Å²) in [6, 6.07) is 9.91. The second-order valence-corrected chi connectivity index (χ2v) is 7.27. The summed E-state index contributed by atoms with van der Waals surface area (Å²) in [6.07, 6.45) is 1.56. The number of rotatable bonds is 6. The molecule has 0 unspecified atom stereocenters. The lowest BCUT2D eigenvalue weighted by Gasteiger charge is -2.14. The van der Waals surface area contributed by atoms with Gasteiger partial charge in [0.25, 0.3) is 11.4 Å². The number of fused-ring (bicyclic) bond motifs is 1. The number of nitrogens with zero attached hydrogens (tertiary/aromatic N) is 4. The Bertz CT molecular complexity index is 1270. The molecule has 148 valence electrons. The van der Waals surface area contributed by atoms with Gasteiger partial charge in [-0.15, -0.1) is 16.4 Å². The molecule has 0 saturated carbocycles. The fourth-order valence-electron chi connectivity index (χ4n) is 2.87. The lowest BCUT2D eigenvalue weighted by Crippen LogP contribution is -2.38. The minimum atomic E-state index is -0.803. The Hall–Kier alpha value is -3.53. The minimum absolute atomic E-state index is 0.145. The van der Waals surface area contributed by atoms with Gasteiger partial charge < -0.3 is 9.73 Å². The number of hydrogen-bond donors (Lipinski definition) is 1. The first kappa shape index (κ1) is 18.8. The number of benzene rings is 1. The third-order valence-corrected chi connectivity index (χ3v) is 5.29. The Balaban J connectivity index is 1.42. The highest BCUT2D eigenvalue weighted by molar-refractivity contribution is 7.13. The maximum Gasteiger partial charge on any atom is 0.437 e. The van der Waals surface area contributed by atoms with Crippen molar-refractivity contribution in [3.63, 3.8) is 0 Å². The van der Waals surface area contributed by atoms with E-state index in [0.29, 0.717) is 10.8 Å². The lowest BCUT2D eigenvalue weighted by molar-refractivity contribution is -0.124. The van der Waals surface area contributed by atoms with Gasteiger partial charge in [-0.05, 0) is 24.4 Å². The topological polar surface area (TPSA) is 112 Å². The van der Waals surface area contributed by atoms with Crippen LogP contribution < -0.4 is 16.6 Å². The number of hydrogen-bond acceptors (Lipinski definition) is 7. The monoisotopic (exact) mass is 411 g/mol. The van der Waals surface area contributed by atoms with E-state index in [1.165, 1.54) is 11.3 Å². The van der Waals surface area contributed by atoms with Gasteiger partial charge >= 0.3 is 5.76 Å². The van der Waals surface area contributed by atoms with Crippen molar-refractivity contribution < 1.29 is 9.21 Å². The van der Waals surface area contributed by atoms with Gasteiger partial charge in [0.2, 0.25) is 5.91 Å². The molecule has 1 amide bonds. The third kappa shape index (κ3) is 3.74. The van der Waals surface area contributed by atoms with Gasteiger partial charge in [0, 0.05) is 11.9 Å². The summed E-state index contributed by atoms with van der Waals surface area (Å²) < 4.78 is 7.43. The summed E-state index contributed by atoms with van der Waals surface area (Å²) in [5.41, 5.74) is -0.334. The van der Waals surface area contributed by atoms with Crippen LogP contribution in [0.1, 0.15) is 13.0 Å². The van der Waals surface area contributed by atoms with Crippen molar-refractivity contribution in [3.05, 3.63) is 68.9 Å². The predicted molar refractivity (Wildman–Crippen MR) is 108 cm³/mol. The van der Waals surface area contributed by atoms with E-state index < -0.39 is 11.8 Å². The molecule has 0 spiro atoms. The summed E-state index contributed by atoms with van der Waals surface area (Å²) in [5.74, 6) is -0.732. The zero-order valence-corrected chi connectivity index (χ0v) is 16.3. The number of nitrogens with one attached hydrogen (secondary N) is 1. The van der Waals surface area contributed by atoms with Crippen molar-refractivity contribution in [1.82, 2.24) is 24.9 Å². The van der Waals surface area contributed by atoms with Gasteiger partial charge in [-0.25, -0.2) is 9.48 Å². The lowest BCUT2D eigenvalue weighted by atomic mass is 10.2. The van der Waals surface area contributed by atoms with Crippen LogP contribution in [0, 0.1) is 0 Å². The van der Waals surface area contributed by atoms with E-state index in [2.05, 4.69) is 15.5 Å². The van der Waals surface area contributed by atoms with Crippen LogP contribution in [0.25, 0.3) is 21.5 Å². The van der Waals surface area contributed by atoms with Crippen LogP contribution in [0.2, 0.25) is 0 Å². The van der Waals surface area contributed by atoms with Crippen molar-refractivity contribution in [2.75, 3.05) is 6.54 Å². The number of thiophene rings is 1. The van der Waals surface area contributed by atoms with E-state index in [1.807, 2.05) is 17.5 Å². The molecule has 0 fully saturated rings. The molecule has 3 heterocycles. The molecule has 4 rings (SSSR count). The Morgan fingerprint density at radius 1 is 1.24 bits per heavy atom. The van der Waals surface area contributed by atoms with E-state index in [-0.39, 0.29) is 30.4 Å². The van der Waals surface area contributed by atoms with Crippen LogP contribution in [-0.4, -0.2) is 32.0 Å². The molecule has 9 nitrogen and oxygen atoms in total. The molecule has 0 radical (unpaired) electrons. The molecular weight excluding hydrogens is 394 g/mol. The van der Waals surface area contributed by atoms with Crippen molar-refractivity contribution in [3.8, 4) is 10.8 Å². The normalized spacial score (nSPS) is 12.2. The standard InChI is InChI=1S/C19H17N5O4S/c1-12(24-18(26)14-6-3-2-5-13(14)11-21-24)16(25)20-8-9-23-19(27)28-17(22-23)15-7-4-10-29-15/h2-7,10-12H,8-9H2,1H3,(H,20,25)/t12-/m0/s1. The van der Waals surface area contributed by atoms with Crippen molar-refractivity contribution in [2.45, 2.75) is 19.5 Å². The minimum Gasteiger partial charge on any atom is -0.387 e. The first-order valence-electron chi connectivity index (χ1n) is 8.90. The smallest absolute Gasteiger partial charge is 0.387 e. The van der Waals surface area contributed by atoms with Gasteiger partial charge in [-0.3, -0.25) is 9.59 Å². The zero-order chi connectivity index (χ0) is 20.4. The second kappa shape index (κ2) is 7.84. The number of carbonyl (C=O) groups excluding carboxylic acids is 1. The largest absolute Gasteiger partial charge is 0.437 e. The quantitative estimate of drug-likeness (QED) is 0.516. The molecule has 1 atom stereocenters. The van der Waals surface area contributed by atoms with Gasteiger partial charge in [0.05, 0.1) is 23.0 Å². The summed E-state index contributed by atoms with van der Waals surface area (Å²) >= 11 is 1.41. The van der Waals surface area contributed by atoms with Crippen LogP contribution in [0.5, 0.6) is 0 Å². The zero-order valence-electron chi connectivity index (χ0n) is 15.4. The fourth-order valence-corrected chi connectivity index (χ4v) is 3.52. The van der Waals surface area contributed by atoms with Gasteiger partial charge in [-0.2, -0.15) is 9.78 Å². The van der Waals surface area contributed by atoms with Crippen molar-refractivity contribution >= 4 is 28.0 Å². The molecule has 1 aromatic carbocycles. The third-order valence-electron chi connectivity index (χ3n) is 4.43. The summed E-state index contributed by atoms with van der Waals surface area (Å²) in [4.78, 5) is 37.7. The molecule has 0 saturated heterocycles. The molecule has 3 aromatic heterocycles. The molecule has 4 aromatic rings. The van der Waals surface area contributed by atoms with Crippen LogP contribution in [0.15, 0.2) is 62.0 Å². The predicted octanol–water partition coefficient (Wildman–Crippen LogP) is 1.65. The second-order valence-electron chi connectivity index (χ2n) is 6.32.